The summed E-state index contributed by atoms with van der Waals surface area (Å²) in [5.74, 6) is 6.07. The van der Waals surface area contributed by atoms with Gasteiger partial charge in [0.2, 0.25) is 0 Å². The maximum absolute atomic E-state index is 13.5. The van der Waals surface area contributed by atoms with Gasteiger partial charge in [-0.3, -0.25) is 4.79 Å². The van der Waals surface area contributed by atoms with Crippen LogP contribution in [-0.2, 0) is 0 Å². The Hall–Kier alpha value is -1.86. The van der Waals surface area contributed by atoms with E-state index >= 15 is 0 Å². The first-order valence-corrected chi connectivity index (χ1v) is 7.30. The molecule has 1 atom stereocenters. The highest BCUT2D eigenvalue weighted by molar-refractivity contribution is 5.97. The van der Waals surface area contributed by atoms with Gasteiger partial charge in [0.25, 0.3) is 5.91 Å². The molecular formula is C17H21FN2O. The van der Waals surface area contributed by atoms with Gasteiger partial charge in [0.1, 0.15) is 5.82 Å². The van der Waals surface area contributed by atoms with Crippen LogP contribution in [0.1, 0.15) is 36.2 Å². The summed E-state index contributed by atoms with van der Waals surface area (Å²) in [6.45, 7) is 6.00. The molecular weight excluding hydrogens is 267 g/mol. The summed E-state index contributed by atoms with van der Waals surface area (Å²) in [7, 11) is 0. The van der Waals surface area contributed by atoms with Crippen molar-refractivity contribution < 1.29 is 9.18 Å². The minimum Gasteiger partial charge on any atom is -0.338 e. The fourth-order valence-corrected chi connectivity index (χ4v) is 2.63. The number of rotatable bonds is 2. The lowest BCUT2D eigenvalue weighted by atomic mass is 9.95. The Kier molecular flexibility index (Phi) is 4.98. The molecule has 1 heterocycles. The van der Waals surface area contributed by atoms with Crippen molar-refractivity contribution in [3.63, 3.8) is 0 Å². The van der Waals surface area contributed by atoms with Crippen molar-refractivity contribution in [3.8, 4) is 11.8 Å². The summed E-state index contributed by atoms with van der Waals surface area (Å²) in [5, 5.41) is 0. The van der Waals surface area contributed by atoms with Gasteiger partial charge in [-0.25, -0.2) is 4.39 Å². The number of amides is 1. The highest BCUT2D eigenvalue weighted by atomic mass is 19.1. The molecule has 0 radical (unpaired) electrons. The minimum absolute atomic E-state index is 0.140. The molecule has 1 aliphatic heterocycles. The summed E-state index contributed by atoms with van der Waals surface area (Å²) < 4.78 is 13.5. The van der Waals surface area contributed by atoms with Crippen LogP contribution in [0.3, 0.4) is 0 Å². The van der Waals surface area contributed by atoms with Crippen molar-refractivity contribution in [2.45, 2.75) is 20.3 Å². The third kappa shape index (κ3) is 3.62. The Morgan fingerprint density at radius 2 is 2.29 bits per heavy atom. The highest BCUT2D eigenvalue weighted by Gasteiger charge is 2.29. The molecule has 112 valence electrons. The topological polar surface area (TPSA) is 46.3 Å². The number of carbonyl (C=O) groups excluding carboxylic acids is 1. The molecule has 1 amide bonds. The first-order chi connectivity index (χ1) is 10.0. The van der Waals surface area contributed by atoms with Gasteiger partial charge in [0, 0.05) is 18.7 Å². The molecule has 4 heteroatoms. The Morgan fingerprint density at radius 3 is 2.90 bits per heavy atom. The van der Waals surface area contributed by atoms with Crippen LogP contribution in [0.4, 0.5) is 4.39 Å². The Labute approximate surface area is 125 Å². The summed E-state index contributed by atoms with van der Waals surface area (Å²) in [6.07, 6.45) is 1.00. The number of halogens is 1. The monoisotopic (exact) mass is 288 g/mol. The van der Waals surface area contributed by atoms with Crippen molar-refractivity contribution in [1.29, 1.82) is 0 Å². The van der Waals surface area contributed by atoms with Crippen molar-refractivity contribution in [1.82, 2.24) is 4.90 Å². The maximum atomic E-state index is 13.5. The maximum Gasteiger partial charge on any atom is 0.255 e. The number of carbonyl (C=O) groups is 1. The molecule has 2 rings (SSSR count). The predicted octanol–water partition coefficient (Wildman–Crippen LogP) is 2.25. The molecule has 0 saturated carbocycles. The SMILES string of the molecule is CC(C)C1CCN(C(=O)c2cc(F)ccc2C#CCN)C1. The second-order valence-corrected chi connectivity index (χ2v) is 5.74. The molecule has 0 spiro atoms. The first kappa shape index (κ1) is 15.5. The van der Waals surface area contributed by atoms with E-state index in [4.69, 9.17) is 5.73 Å². The lowest BCUT2D eigenvalue weighted by molar-refractivity contribution is 0.0783. The van der Waals surface area contributed by atoms with Crippen LogP contribution in [-0.4, -0.2) is 30.4 Å². The molecule has 1 aromatic carbocycles. The lowest BCUT2D eigenvalue weighted by Crippen LogP contribution is -2.30. The molecule has 1 saturated heterocycles. The zero-order valence-corrected chi connectivity index (χ0v) is 12.5. The van der Waals surface area contributed by atoms with Crippen molar-refractivity contribution in [2.75, 3.05) is 19.6 Å². The van der Waals surface area contributed by atoms with Crippen LogP contribution in [0, 0.1) is 29.5 Å². The zero-order chi connectivity index (χ0) is 15.4. The Morgan fingerprint density at radius 1 is 1.52 bits per heavy atom. The van der Waals surface area contributed by atoms with Gasteiger partial charge in [-0.15, -0.1) is 0 Å². The van der Waals surface area contributed by atoms with Gasteiger partial charge in [-0.2, -0.15) is 0 Å². The van der Waals surface area contributed by atoms with E-state index in [-0.39, 0.29) is 12.5 Å². The number of benzene rings is 1. The van der Waals surface area contributed by atoms with E-state index in [0.717, 1.165) is 19.5 Å². The number of hydrogen-bond acceptors (Lipinski definition) is 2. The summed E-state index contributed by atoms with van der Waals surface area (Å²) >= 11 is 0. The van der Waals surface area contributed by atoms with E-state index in [0.29, 0.717) is 23.0 Å². The number of hydrogen-bond donors (Lipinski definition) is 1. The molecule has 0 bridgehead atoms. The Balaban J connectivity index is 2.25. The van der Waals surface area contributed by atoms with Crippen LogP contribution >= 0.6 is 0 Å². The van der Waals surface area contributed by atoms with E-state index in [1.807, 2.05) is 0 Å². The normalized spacial score (nSPS) is 17.8. The fraction of sp³-hybridized carbons (Fsp3) is 0.471. The number of likely N-dealkylation sites (tertiary alicyclic amines) is 1. The lowest BCUT2D eigenvalue weighted by Gasteiger charge is -2.19. The van der Waals surface area contributed by atoms with Crippen LogP contribution in [0.25, 0.3) is 0 Å². The van der Waals surface area contributed by atoms with Crippen molar-refractivity contribution in [3.05, 3.63) is 35.1 Å². The average molecular weight is 288 g/mol. The fourth-order valence-electron chi connectivity index (χ4n) is 2.63. The number of nitrogens with two attached hydrogens (primary N) is 1. The standard InChI is InChI=1S/C17H21FN2O/c1-12(2)14-7-9-20(11-14)17(21)16-10-15(18)6-5-13(16)4-3-8-19/h5-6,10,12,14H,7-9,11,19H2,1-2H3. The van der Waals surface area contributed by atoms with Gasteiger partial charge >= 0.3 is 0 Å². The second kappa shape index (κ2) is 6.73. The average Bonchev–Trinajstić information content (AvgIpc) is 2.95. The summed E-state index contributed by atoms with van der Waals surface area (Å²) in [5.41, 5.74) is 6.24. The third-order valence-electron chi connectivity index (χ3n) is 3.99. The molecule has 0 aliphatic carbocycles. The molecule has 1 aliphatic rings. The molecule has 1 unspecified atom stereocenters. The Bertz CT molecular complexity index is 586. The second-order valence-electron chi connectivity index (χ2n) is 5.74. The van der Waals surface area contributed by atoms with Crippen LogP contribution < -0.4 is 5.73 Å². The zero-order valence-electron chi connectivity index (χ0n) is 12.5. The van der Waals surface area contributed by atoms with Crippen LogP contribution in [0.2, 0.25) is 0 Å². The van der Waals surface area contributed by atoms with Gasteiger partial charge < -0.3 is 10.6 Å². The minimum atomic E-state index is -0.420. The molecule has 21 heavy (non-hydrogen) atoms. The first-order valence-electron chi connectivity index (χ1n) is 7.30. The van der Waals surface area contributed by atoms with Gasteiger partial charge in [-0.05, 0) is 36.5 Å². The quantitative estimate of drug-likeness (QED) is 0.849. The summed E-state index contributed by atoms with van der Waals surface area (Å²) in [6, 6.07) is 4.13. The molecule has 1 aromatic rings. The smallest absolute Gasteiger partial charge is 0.255 e. The molecule has 3 nitrogen and oxygen atoms in total. The van der Waals surface area contributed by atoms with Crippen LogP contribution in [0.15, 0.2) is 18.2 Å². The van der Waals surface area contributed by atoms with Crippen LogP contribution in [0.5, 0.6) is 0 Å². The largest absolute Gasteiger partial charge is 0.338 e. The predicted molar refractivity (Wildman–Crippen MR) is 81.2 cm³/mol. The van der Waals surface area contributed by atoms with Gasteiger partial charge in [0.05, 0.1) is 12.1 Å². The van der Waals surface area contributed by atoms with E-state index < -0.39 is 5.82 Å². The van der Waals surface area contributed by atoms with E-state index in [2.05, 4.69) is 25.7 Å². The van der Waals surface area contributed by atoms with E-state index in [1.54, 1.807) is 11.0 Å². The summed E-state index contributed by atoms with van der Waals surface area (Å²) in [4.78, 5) is 14.4. The van der Waals surface area contributed by atoms with Gasteiger partial charge in [-0.1, -0.05) is 25.7 Å². The highest BCUT2D eigenvalue weighted by Crippen LogP contribution is 2.25. The molecule has 1 fully saturated rings. The van der Waals surface area contributed by atoms with E-state index in [1.165, 1.54) is 12.1 Å². The van der Waals surface area contributed by atoms with Crippen molar-refractivity contribution in [2.24, 2.45) is 17.6 Å². The van der Waals surface area contributed by atoms with Crippen molar-refractivity contribution >= 4 is 5.91 Å². The molecule has 2 N–H and O–H groups in total. The third-order valence-corrected chi connectivity index (χ3v) is 3.99. The van der Waals surface area contributed by atoms with E-state index in [9.17, 15) is 9.18 Å². The number of nitrogens with zero attached hydrogens (tertiary/aromatic N) is 1. The van der Waals surface area contributed by atoms with Gasteiger partial charge in [0.15, 0.2) is 0 Å². The molecule has 0 aromatic heterocycles.